The van der Waals surface area contributed by atoms with Crippen molar-refractivity contribution in [1.29, 1.82) is 0 Å². The smallest absolute Gasteiger partial charge is 0.233 e. The molecule has 0 fully saturated rings. The number of carbonyl (C=O) groups excluding carboxylic acids is 1. The molecule has 0 N–H and O–H groups in total. The molecule has 1 aliphatic heterocycles. The van der Waals surface area contributed by atoms with Gasteiger partial charge in [-0.05, 0) is 42.8 Å². The number of fused-ring (bicyclic) bond motifs is 1. The van der Waals surface area contributed by atoms with Crippen molar-refractivity contribution in [3.8, 4) is 23.0 Å². The molecule has 1 amide bonds. The van der Waals surface area contributed by atoms with E-state index < -0.39 is 0 Å². The Bertz CT molecular complexity index is 1220. The van der Waals surface area contributed by atoms with Crippen LogP contribution in [0.15, 0.2) is 67.3 Å². The Balaban J connectivity index is 1.44. The lowest BCUT2D eigenvalue weighted by molar-refractivity contribution is -0.117. The van der Waals surface area contributed by atoms with Gasteiger partial charge in [0, 0.05) is 30.4 Å². The molecule has 5 rings (SSSR count). The first-order valence-electron chi connectivity index (χ1n) is 10.1. The lowest BCUT2D eigenvalue weighted by atomic mass is 10.2. The van der Waals surface area contributed by atoms with E-state index in [4.69, 9.17) is 9.72 Å². The van der Waals surface area contributed by atoms with Gasteiger partial charge in [0.2, 0.25) is 11.8 Å². The monoisotopic (exact) mass is 412 g/mol. The number of anilines is 1. The third kappa shape index (κ3) is 3.63. The maximum absolute atomic E-state index is 12.7. The first-order valence-corrected chi connectivity index (χ1v) is 10.1. The Morgan fingerprint density at radius 3 is 2.71 bits per heavy atom. The van der Waals surface area contributed by atoms with Crippen molar-refractivity contribution in [2.75, 3.05) is 11.5 Å². The van der Waals surface area contributed by atoms with Crippen LogP contribution in [0.25, 0.3) is 17.1 Å². The van der Waals surface area contributed by atoms with Gasteiger partial charge in [-0.2, -0.15) is 5.10 Å². The van der Waals surface area contributed by atoms with Gasteiger partial charge < -0.3 is 4.74 Å². The van der Waals surface area contributed by atoms with Crippen molar-refractivity contribution in [3.63, 3.8) is 0 Å². The van der Waals surface area contributed by atoms with Crippen LogP contribution in [0.5, 0.6) is 5.88 Å². The quantitative estimate of drug-likeness (QED) is 0.483. The van der Waals surface area contributed by atoms with Crippen molar-refractivity contribution >= 4 is 11.7 Å². The molecule has 0 radical (unpaired) electrons. The second kappa shape index (κ2) is 7.98. The van der Waals surface area contributed by atoms with E-state index in [-0.39, 0.29) is 5.91 Å². The standard InChI is InChI=1S/C23H20N6O2/c1-2-31-23-19(5-3-10-24-23)21-25-14-17-13-20(30)28(22(17)27-21)15-16-6-8-18(9-7-16)29-12-4-11-26-29/h3-12,14H,2,13,15H2,1H3. The zero-order valence-corrected chi connectivity index (χ0v) is 17.0. The summed E-state index contributed by atoms with van der Waals surface area (Å²) in [6, 6.07) is 13.5. The van der Waals surface area contributed by atoms with Gasteiger partial charge >= 0.3 is 0 Å². The van der Waals surface area contributed by atoms with Gasteiger partial charge in [0.15, 0.2) is 5.82 Å². The first kappa shape index (κ1) is 18.9. The van der Waals surface area contributed by atoms with Crippen molar-refractivity contribution in [1.82, 2.24) is 24.7 Å². The number of hydrogen-bond donors (Lipinski definition) is 0. The molecule has 154 valence electrons. The lowest BCUT2D eigenvalue weighted by Gasteiger charge is -2.17. The number of pyridine rings is 1. The van der Waals surface area contributed by atoms with Crippen LogP contribution < -0.4 is 9.64 Å². The van der Waals surface area contributed by atoms with E-state index in [1.165, 1.54) is 0 Å². The molecular formula is C23H20N6O2. The Morgan fingerprint density at radius 2 is 1.94 bits per heavy atom. The number of rotatable bonds is 6. The molecule has 31 heavy (non-hydrogen) atoms. The largest absolute Gasteiger partial charge is 0.477 e. The predicted octanol–water partition coefficient (Wildman–Crippen LogP) is 3.21. The van der Waals surface area contributed by atoms with Crippen LogP contribution in [0.2, 0.25) is 0 Å². The summed E-state index contributed by atoms with van der Waals surface area (Å²) in [4.78, 5) is 27.9. The number of aromatic nitrogens is 5. The van der Waals surface area contributed by atoms with E-state index in [2.05, 4.69) is 15.1 Å². The molecule has 0 saturated heterocycles. The number of benzene rings is 1. The van der Waals surface area contributed by atoms with Crippen molar-refractivity contribution in [2.45, 2.75) is 19.9 Å². The summed E-state index contributed by atoms with van der Waals surface area (Å²) in [5.74, 6) is 1.62. The van der Waals surface area contributed by atoms with Crippen molar-refractivity contribution in [2.24, 2.45) is 0 Å². The average Bonchev–Trinajstić information content (AvgIpc) is 3.43. The topological polar surface area (TPSA) is 86.0 Å². The second-order valence-electron chi connectivity index (χ2n) is 7.11. The van der Waals surface area contributed by atoms with E-state index in [1.54, 1.807) is 28.2 Å². The van der Waals surface area contributed by atoms with Crippen LogP contribution in [0.3, 0.4) is 0 Å². The summed E-state index contributed by atoms with van der Waals surface area (Å²) in [6.45, 7) is 2.83. The summed E-state index contributed by atoms with van der Waals surface area (Å²) in [6.07, 6.45) is 7.32. The average molecular weight is 412 g/mol. The fourth-order valence-electron chi connectivity index (χ4n) is 3.60. The highest BCUT2D eigenvalue weighted by molar-refractivity contribution is 6.00. The zero-order chi connectivity index (χ0) is 21.2. The molecule has 4 aromatic rings. The molecule has 3 aromatic heterocycles. The number of hydrogen-bond acceptors (Lipinski definition) is 6. The number of nitrogens with zero attached hydrogens (tertiary/aromatic N) is 6. The molecule has 8 nitrogen and oxygen atoms in total. The van der Waals surface area contributed by atoms with Crippen LogP contribution in [-0.4, -0.2) is 37.2 Å². The number of carbonyl (C=O) groups is 1. The molecule has 0 atom stereocenters. The molecule has 0 unspecified atom stereocenters. The molecule has 0 saturated carbocycles. The highest BCUT2D eigenvalue weighted by Gasteiger charge is 2.30. The second-order valence-corrected chi connectivity index (χ2v) is 7.11. The normalized spacial score (nSPS) is 12.8. The van der Waals surface area contributed by atoms with Gasteiger partial charge in [-0.1, -0.05) is 12.1 Å². The van der Waals surface area contributed by atoms with Crippen LogP contribution in [0, 0.1) is 0 Å². The van der Waals surface area contributed by atoms with Gasteiger partial charge in [-0.3, -0.25) is 9.69 Å². The van der Waals surface area contributed by atoms with Crippen LogP contribution >= 0.6 is 0 Å². The van der Waals surface area contributed by atoms with Gasteiger partial charge in [0.25, 0.3) is 0 Å². The fraction of sp³-hybridized carbons (Fsp3) is 0.174. The maximum atomic E-state index is 12.7. The molecule has 4 heterocycles. The van der Waals surface area contributed by atoms with Crippen LogP contribution in [0.1, 0.15) is 18.1 Å². The molecular weight excluding hydrogens is 392 g/mol. The van der Waals surface area contributed by atoms with E-state index in [0.717, 1.165) is 16.8 Å². The minimum atomic E-state index is 0.00817. The summed E-state index contributed by atoms with van der Waals surface area (Å²) >= 11 is 0. The van der Waals surface area contributed by atoms with E-state index in [0.29, 0.717) is 42.7 Å². The molecule has 0 bridgehead atoms. The molecule has 8 heteroatoms. The maximum Gasteiger partial charge on any atom is 0.233 e. The third-order valence-electron chi connectivity index (χ3n) is 5.08. The van der Waals surface area contributed by atoms with Gasteiger partial charge in [0.1, 0.15) is 5.82 Å². The van der Waals surface area contributed by atoms with Crippen LogP contribution in [0.4, 0.5) is 5.82 Å². The predicted molar refractivity (Wildman–Crippen MR) is 115 cm³/mol. The van der Waals surface area contributed by atoms with Crippen molar-refractivity contribution < 1.29 is 9.53 Å². The van der Waals surface area contributed by atoms with Gasteiger partial charge in [-0.25, -0.2) is 19.6 Å². The highest BCUT2D eigenvalue weighted by atomic mass is 16.5. The minimum absolute atomic E-state index is 0.00817. The van der Waals surface area contributed by atoms with E-state index in [1.807, 2.05) is 55.6 Å². The summed E-state index contributed by atoms with van der Waals surface area (Å²) in [5.41, 5.74) is 3.50. The number of amides is 1. The number of ether oxygens (including phenoxy) is 1. The van der Waals surface area contributed by atoms with E-state index in [9.17, 15) is 4.79 Å². The molecule has 1 aromatic carbocycles. The fourth-order valence-corrected chi connectivity index (χ4v) is 3.60. The lowest BCUT2D eigenvalue weighted by Crippen LogP contribution is -2.26. The summed E-state index contributed by atoms with van der Waals surface area (Å²) < 4.78 is 7.41. The summed E-state index contributed by atoms with van der Waals surface area (Å²) in [5, 5.41) is 4.24. The van der Waals surface area contributed by atoms with Gasteiger partial charge in [-0.15, -0.1) is 0 Å². The Kier molecular flexibility index (Phi) is 4.87. The van der Waals surface area contributed by atoms with Crippen molar-refractivity contribution in [3.05, 3.63) is 78.4 Å². The third-order valence-corrected chi connectivity index (χ3v) is 5.08. The first-order chi connectivity index (χ1) is 15.2. The molecule has 1 aliphatic rings. The molecule has 0 aliphatic carbocycles. The Hall–Kier alpha value is -4.07. The highest BCUT2D eigenvalue weighted by Crippen LogP contribution is 2.32. The minimum Gasteiger partial charge on any atom is -0.477 e. The molecule has 0 spiro atoms. The van der Waals surface area contributed by atoms with E-state index >= 15 is 0 Å². The SMILES string of the molecule is CCOc1ncccc1-c1ncc2c(n1)N(Cc1ccc(-n3cccn3)cc1)C(=O)C2. The Labute approximate surface area is 179 Å². The van der Waals surface area contributed by atoms with Gasteiger partial charge in [0.05, 0.1) is 30.8 Å². The Morgan fingerprint density at radius 1 is 1.06 bits per heavy atom. The summed E-state index contributed by atoms with van der Waals surface area (Å²) in [7, 11) is 0. The van der Waals surface area contributed by atoms with Crippen LogP contribution in [-0.2, 0) is 17.8 Å². The zero-order valence-electron chi connectivity index (χ0n) is 17.0.